The summed E-state index contributed by atoms with van der Waals surface area (Å²) in [6.07, 6.45) is 3.29. The summed E-state index contributed by atoms with van der Waals surface area (Å²) in [5, 5.41) is 0. The first kappa shape index (κ1) is 11.5. The van der Waals surface area contributed by atoms with Gasteiger partial charge in [-0.15, -0.1) is 0 Å². The SMILES string of the molecule is CN.O=CCCN1C(=O)C=CC1=O. The summed E-state index contributed by atoms with van der Waals surface area (Å²) in [7, 11) is 1.50. The maximum absolute atomic E-state index is 10.8. The van der Waals surface area contributed by atoms with E-state index in [1.165, 1.54) is 19.2 Å². The van der Waals surface area contributed by atoms with Gasteiger partial charge in [0.05, 0.1) is 0 Å². The first-order valence-electron chi connectivity index (χ1n) is 3.80. The van der Waals surface area contributed by atoms with Crippen LogP contribution in [0.25, 0.3) is 0 Å². The van der Waals surface area contributed by atoms with Crippen LogP contribution >= 0.6 is 0 Å². The molecule has 0 aliphatic carbocycles. The van der Waals surface area contributed by atoms with E-state index in [0.717, 1.165) is 4.90 Å². The Morgan fingerprint density at radius 3 is 2.15 bits per heavy atom. The van der Waals surface area contributed by atoms with Crippen molar-refractivity contribution in [3.63, 3.8) is 0 Å². The fourth-order valence-electron chi connectivity index (χ4n) is 0.833. The molecule has 0 saturated carbocycles. The second-order valence-electron chi connectivity index (χ2n) is 2.12. The molecule has 0 radical (unpaired) electrons. The highest BCUT2D eigenvalue weighted by Gasteiger charge is 2.21. The third-order valence-electron chi connectivity index (χ3n) is 1.37. The van der Waals surface area contributed by atoms with E-state index >= 15 is 0 Å². The van der Waals surface area contributed by atoms with Gasteiger partial charge in [0.25, 0.3) is 11.8 Å². The molecule has 1 aliphatic heterocycles. The Kier molecular flexibility index (Phi) is 5.38. The predicted molar refractivity (Wildman–Crippen MR) is 46.7 cm³/mol. The lowest BCUT2D eigenvalue weighted by Gasteiger charge is -2.10. The van der Waals surface area contributed by atoms with Crippen LogP contribution in [0.2, 0.25) is 0 Å². The van der Waals surface area contributed by atoms with Gasteiger partial charge in [-0.05, 0) is 7.05 Å². The Morgan fingerprint density at radius 2 is 1.77 bits per heavy atom. The van der Waals surface area contributed by atoms with E-state index in [1.807, 2.05) is 0 Å². The van der Waals surface area contributed by atoms with Gasteiger partial charge in [-0.3, -0.25) is 14.5 Å². The van der Waals surface area contributed by atoms with Crippen molar-refractivity contribution in [3.8, 4) is 0 Å². The first-order valence-corrected chi connectivity index (χ1v) is 3.80. The monoisotopic (exact) mass is 184 g/mol. The van der Waals surface area contributed by atoms with Crippen LogP contribution in [0, 0.1) is 0 Å². The summed E-state index contributed by atoms with van der Waals surface area (Å²) >= 11 is 0. The summed E-state index contributed by atoms with van der Waals surface area (Å²) in [6.45, 7) is 0.189. The van der Waals surface area contributed by atoms with E-state index in [0.29, 0.717) is 6.29 Å². The Bertz CT molecular complexity index is 218. The van der Waals surface area contributed by atoms with Gasteiger partial charge in [0.15, 0.2) is 0 Å². The number of imide groups is 1. The molecular formula is C8H12N2O3. The molecule has 0 saturated heterocycles. The number of aldehydes is 1. The predicted octanol–water partition coefficient (Wildman–Crippen LogP) is -0.925. The summed E-state index contributed by atoms with van der Waals surface area (Å²) in [6, 6.07) is 0. The minimum atomic E-state index is -0.336. The first-order chi connectivity index (χ1) is 6.25. The van der Waals surface area contributed by atoms with Crippen LogP contribution in [0.1, 0.15) is 6.42 Å². The Labute approximate surface area is 76.2 Å². The minimum absolute atomic E-state index is 0.189. The third-order valence-corrected chi connectivity index (χ3v) is 1.37. The standard InChI is InChI=1S/C7H7NO3.CH5N/c9-5-1-4-8-6(10)2-3-7(8)11;1-2/h2-3,5H,1,4H2;2H2,1H3. The van der Waals surface area contributed by atoms with Gasteiger partial charge in [0.1, 0.15) is 6.29 Å². The van der Waals surface area contributed by atoms with E-state index in [2.05, 4.69) is 5.73 Å². The summed E-state index contributed by atoms with van der Waals surface area (Å²) < 4.78 is 0. The van der Waals surface area contributed by atoms with Crippen molar-refractivity contribution in [2.45, 2.75) is 6.42 Å². The van der Waals surface area contributed by atoms with Crippen LogP contribution in [0.4, 0.5) is 0 Å². The number of nitrogens with zero attached hydrogens (tertiary/aromatic N) is 1. The van der Waals surface area contributed by atoms with Crippen LogP contribution in [-0.4, -0.2) is 36.6 Å². The van der Waals surface area contributed by atoms with Gasteiger partial charge < -0.3 is 10.5 Å². The van der Waals surface area contributed by atoms with E-state index < -0.39 is 0 Å². The van der Waals surface area contributed by atoms with Crippen LogP contribution < -0.4 is 5.73 Å². The van der Waals surface area contributed by atoms with Crippen molar-refractivity contribution in [2.75, 3.05) is 13.6 Å². The van der Waals surface area contributed by atoms with Crippen molar-refractivity contribution in [3.05, 3.63) is 12.2 Å². The van der Waals surface area contributed by atoms with E-state index in [4.69, 9.17) is 0 Å². The highest BCUT2D eigenvalue weighted by atomic mass is 16.2. The Morgan fingerprint density at radius 1 is 1.31 bits per heavy atom. The minimum Gasteiger partial charge on any atom is -0.333 e. The van der Waals surface area contributed by atoms with Gasteiger partial charge in [-0.25, -0.2) is 0 Å². The average molecular weight is 184 g/mol. The second kappa shape index (κ2) is 6.07. The molecule has 0 spiro atoms. The molecule has 0 aromatic heterocycles. The van der Waals surface area contributed by atoms with Crippen LogP contribution in [0.3, 0.4) is 0 Å². The highest BCUT2D eigenvalue weighted by molar-refractivity contribution is 6.12. The van der Waals surface area contributed by atoms with Crippen molar-refractivity contribution < 1.29 is 14.4 Å². The molecule has 2 amide bonds. The molecule has 0 fully saturated rings. The number of hydrogen-bond acceptors (Lipinski definition) is 4. The summed E-state index contributed by atoms with van der Waals surface area (Å²) in [4.78, 5) is 32.5. The summed E-state index contributed by atoms with van der Waals surface area (Å²) in [5.41, 5.74) is 4.50. The van der Waals surface area contributed by atoms with Gasteiger partial charge in [0, 0.05) is 25.1 Å². The zero-order chi connectivity index (χ0) is 10.3. The molecule has 1 rings (SSSR count). The third kappa shape index (κ3) is 3.16. The zero-order valence-electron chi connectivity index (χ0n) is 7.40. The van der Waals surface area contributed by atoms with Gasteiger partial charge in [-0.1, -0.05) is 0 Å². The zero-order valence-corrected chi connectivity index (χ0v) is 7.40. The normalized spacial score (nSPS) is 14.2. The molecule has 1 heterocycles. The van der Waals surface area contributed by atoms with Crippen molar-refractivity contribution in [1.82, 2.24) is 4.90 Å². The molecule has 0 aromatic rings. The smallest absolute Gasteiger partial charge is 0.253 e. The van der Waals surface area contributed by atoms with Gasteiger partial charge >= 0.3 is 0 Å². The second-order valence-corrected chi connectivity index (χ2v) is 2.12. The van der Waals surface area contributed by atoms with Crippen LogP contribution in [-0.2, 0) is 14.4 Å². The van der Waals surface area contributed by atoms with Crippen LogP contribution in [0.5, 0.6) is 0 Å². The number of carbonyl (C=O) groups excluding carboxylic acids is 3. The van der Waals surface area contributed by atoms with E-state index in [9.17, 15) is 14.4 Å². The molecule has 5 nitrogen and oxygen atoms in total. The molecule has 0 aromatic carbocycles. The van der Waals surface area contributed by atoms with Gasteiger partial charge in [-0.2, -0.15) is 0 Å². The number of rotatable bonds is 3. The molecule has 0 atom stereocenters. The molecule has 2 N–H and O–H groups in total. The molecule has 0 bridgehead atoms. The van der Waals surface area contributed by atoms with Crippen molar-refractivity contribution >= 4 is 18.1 Å². The lowest BCUT2D eigenvalue weighted by molar-refractivity contribution is -0.136. The van der Waals surface area contributed by atoms with Crippen molar-refractivity contribution in [2.24, 2.45) is 5.73 Å². The molecule has 0 unspecified atom stereocenters. The molecule has 13 heavy (non-hydrogen) atoms. The maximum Gasteiger partial charge on any atom is 0.253 e. The summed E-state index contributed by atoms with van der Waals surface area (Å²) in [5.74, 6) is -0.672. The lowest BCUT2D eigenvalue weighted by atomic mass is 10.4. The largest absolute Gasteiger partial charge is 0.333 e. The molecule has 5 heteroatoms. The lowest BCUT2D eigenvalue weighted by Crippen LogP contribution is -2.30. The topological polar surface area (TPSA) is 80.5 Å². The van der Waals surface area contributed by atoms with E-state index in [-0.39, 0.29) is 24.8 Å². The number of hydrogen-bond donors (Lipinski definition) is 1. The number of amides is 2. The highest BCUT2D eigenvalue weighted by Crippen LogP contribution is 2.02. The fourth-order valence-corrected chi connectivity index (χ4v) is 0.833. The quantitative estimate of drug-likeness (QED) is 0.454. The number of nitrogens with two attached hydrogens (primary N) is 1. The van der Waals surface area contributed by atoms with Gasteiger partial charge in [0.2, 0.25) is 0 Å². The van der Waals surface area contributed by atoms with Crippen LogP contribution in [0.15, 0.2) is 12.2 Å². The maximum atomic E-state index is 10.8. The molecular weight excluding hydrogens is 172 g/mol. The Balaban J connectivity index is 0.000000671. The van der Waals surface area contributed by atoms with E-state index in [1.54, 1.807) is 0 Å². The molecule has 72 valence electrons. The average Bonchev–Trinajstić information content (AvgIpc) is 2.47. The number of carbonyl (C=O) groups is 3. The molecule has 1 aliphatic rings. The Hall–Kier alpha value is -1.49. The fraction of sp³-hybridized carbons (Fsp3) is 0.375. The van der Waals surface area contributed by atoms with Crippen molar-refractivity contribution in [1.29, 1.82) is 0 Å².